The highest BCUT2D eigenvalue weighted by atomic mass is 35.5. The van der Waals surface area contributed by atoms with Crippen molar-refractivity contribution in [2.24, 2.45) is 11.8 Å². The number of anilines is 1. The summed E-state index contributed by atoms with van der Waals surface area (Å²) in [4.78, 5) is 25.3. The number of alkyl halides is 2. The van der Waals surface area contributed by atoms with Gasteiger partial charge in [-0.1, -0.05) is 34.8 Å². The van der Waals surface area contributed by atoms with Gasteiger partial charge in [-0.3, -0.25) is 9.59 Å². The molecule has 0 aliphatic heterocycles. The number of amides is 2. The molecule has 0 aromatic heterocycles. The first kappa shape index (κ1) is 22.0. The van der Waals surface area contributed by atoms with Crippen LogP contribution in [0.25, 0.3) is 0 Å². The Morgan fingerprint density at radius 2 is 1.67 bits per heavy atom. The quantitative estimate of drug-likeness (QED) is 0.451. The molecule has 2 aromatic rings. The van der Waals surface area contributed by atoms with E-state index in [2.05, 4.69) is 10.6 Å². The van der Waals surface area contributed by atoms with Gasteiger partial charge < -0.3 is 10.6 Å². The van der Waals surface area contributed by atoms with Crippen LogP contribution in [0, 0.1) is 11.8 Å². The van der Waals surface area contributed by atoms with Crippen molar-refractivity contribution in [2.45, 2.75) is 23.1 Å². The summed E-state index contributed by atoms with van der Waals surface area (Å²) in [5.41, 5.74) is 1.42. The smallest absolute Gasteiger partial charge is 0.252 e. The minimum absolute atomic E-state index is 0.273. The molecule has 0 heterocycles. The van der Waals surface area contributed by atoms with Gasteiger partial charge in [-0.15, -0.1) is 23.2 Å². The summed E-state index contributed by atoms with van der Waals surface area (Å²) in [5.74, 6) is -1.25. The van der Waals surface area contributed by atoms with Crippen LogP contribution >= 0.6 is 58.0 Å². The summed E-state index contributed by atoms with van der Waals surface area (Å²) in [6.45, 7) is 0.624. The Bertz CT molecular complexity index is 1000. The van der Waals surface area contributed by atoms with Gasteiger partial charge in [0, 0.05) is 28.2 Å². The fourth-order valence-electron chi connectivity index (χ4n) is 3.47. The SMILES string of the molecule is O=C(NCC1CC1)c1cc(NC(=O)[C@@H]2[C@@H](c3cc(Cl)cc(Cl)c3)C2(Cl)Cl)ccc1Cl. The molecule has 4 rings (SSSR count). The van der Waals surface area contributed by atoms with Crippen LogP contribution in [0.4, 0.5) is 5.69 Å². The lowest BCUT2D eigenvalue weighted by atomic mass is 10.1. The molecule has 0 saturated heterocycles. The minimum atomic E-state index is -1.28. The van der Waals surface area contributed by atoms with Crippen LogP contribution in [-0.2, 0) is 4.79 Å². The largest absolute Gasteiger partial charge is 0.352 e. The third-order valence-corrected chi connectivity index (χ3v) is 7.01. The van der Waals surface area contributed by atoms with Crippen molar-refractivity contribution in [1.29, 1.82) is 0 Å². The Balaban J connectivity index is 1.48. The van der Waals surface area contributed by atoms with Crippen molar-refractivity contribution < 1.29 is 9.59 Å². The second-order valence-corrected chi connectivity index (χ2v) is 10.4. The first-order valence-corrected chi connectivity index (χ1v) is 11.3. The molecule has 2 fully saturated rings. The maximum Gasteiger partial charge on any atom is 0.252 e. The highest BCUT2D eigenvalue weighted by molar-refractivity contribution is 6.53. The Morgan fingerprint density at radius 3 is 2.30 bits per heavy atom. The van der Waals surface area contributed by atoms with Crippen molar-refractivity contribution in [1.82, 2.24) is 5.32 Å². The molecule has 0 radical (unpaired) electrons. The van der Waals surface area contributed by atoms with E-state index in [9.17, 15) is 9.59 Å². The number of carbonyl (C=O) groups is 2. The Kier molecular flexibility index (Phi) is 6.17. The lowest BCUT2D eigenvalue weighted by molar-refractivity contribution is -0.117. The van der Waals surface area contributed by atoms with Crippen molar-refractivity contribution in [3.63, 3.8) is 0 Å². The number of benzene rings is 2. The van der Waals surface area contributed by atoms with E-state index in [1.807, 2.05) is 0 Å². The number of hydrogen-bond donors (Lipinski definition) is 2. The van der Waals surface area contributed by atoms with E-state index in [4.69, 9.17) is 58.0 Å². The van der Waals surface area contributed by atoms with Gasteiger partial charge in [-0.25, -0.2) is 0 Å². The van der Waals surface area contributed by atoms with Gasteiger partial charge in [-0.05, 0) is 60.7 Å². The monoisotopic (exact) mass is 504 g/mol. The fraction of sp³-hybridized carbons (Fsp3) is 0.333. The lowest BCUT2D eigenvalue weighted by Crippen LogP contribution is -2.26. The molecule has 2 aliphatic rings. The maximum atomic E-state index is 12.9. The van der Waals surface area contributed by atoms with Crippen LogP contribution in [0.3, 0.4) is 0 Å². The summed E-state index contributed by atoms with van der Waals surface area (Å²) >= 11 is 31.1. The third-order valence-electron chi connectivity index (χ3n) is 5.31. The van der Waals surface area contributed by atoms with Gasteiger partial charge in [0.2, 0.25) is 5.91 Å². The van der Waals surface area contributed by atoms with Crippen LogP contribution in [0.2, 0.25) is 15.1 Å². The molecule has 2 amide bonds. The van der Waals surface area contributed by atoms with Crippen molar-refractivity contribution in [3.05, 3.63) is 62.6 Å². The second kappa shape index (κ2) is 8.40. The van der Waals surface area contributed by atoms with E-state index in [-0.39, 0.29) is 11.8 Å². The molecule has 9 heteroatoms. The molecule has 30 heavy (non-hydrogen) atoms. The van der Waals surface area contributed by atoms with E-state index in [0.29, 0.717) is 44.3 Å². The average molecular weight is 507 g/mol. The fourth-order valence-corrected chi connectivity index (χ4v) is 5.05. The Morgan fingerprint density at radius 1 is 1.00 bits per heavy atom. The number of nitrogens with one attached hydrogen (secondary N) is 2. The van der Waals surface area contributed by atoms with Gasteiger partial charge >= 0.3 is 0 Å². The van der Waals surface area contributed by atoms with Crippen LogP contribution in [-0.4, -0.2) is 22.7 Å². The molecule has 4 nitrogen and oxygen atoms in total. The maximum absolute atomic E-state index is 12.9. The molecule has 0 bridgehead atoms. The van der Waals surface area contributed by atoms with Crippen LogP contribution in [0.1, 0.15) is 34.7 Å². The molecule has 2 atom stereocenters. The zero-order valence-corrected chi connectivity index (χ0v) is 19.3. The first-order valence-electron chi connectivity index (χ1n) is 9.39. The van der Waals surface area contributed by atoms with Gasteiger partial charge in [-0.2, -0.15) is 0 Å². The number of rotatable bonds is 6. The summed E-state index contributed by atoms with van der Waals surface area (Å²) in [6, 6.07) is 9.71. The highest BCUT2D eigenvalue weighted by Gasteiger charge is 2.67. The topological polar surface area (TPSA) is 58.2 Å². The Labute approximate surface area is 199 Å². The molecule has 0 spiro atoms. The van der Waals surface area contributed by atoms with Crippen molar-refractivity contribution in [2.75, 3.05) is 11.9 Å². The van der Waals surface area contributed by atoms with E-state index < -0.39 is 16.2 Å². The normalized spacial score (nSPS) is 21.8. The van der Waals surface area contributed by atoms with Gasteiger partial charge in [0.1, 0.15) is 4.33 Å². The highest BCUT2D eigenvalue weighted by Crippen LogP contribution is 2.65. The summed E-state index contributed by atoms with van der Waals surface area (Å²) in [5, 5.41) is 6.83. The summed E-state index contributed by atoms with van der Waals surface area (Å²) in [6.07, 6.45) is 2.26. The van der Waals surface area contributed by atoms with Crippen molar-refractivity contribution >= 4 is 75.5 Å². The predicted molar refractivity (Wildman–Crippen MR) is 122 cm³/mol. The molecule has 158 valence electrons. The average Bonchev–Trinajstić information content (AvgIpc) is 3.56. The number of carbonyl (C=O) groups excluding carboxylic acids is 2. The summed E-state index contributed by atoms with van der Waals surface area (Å²) < 4.78 is -1.28. The van der Waals surface area contributed by atoms with E-state index >= 15 is 0 Å². The first-order chi connectivity index (χ1) is 14.2. The number of hydrogen-bond acceptors (Lipinski definition) is 2. The zero-order valence-electron chi connectivity index (χ0n) is 15.5. The van der Waals surface area contributed by atoms with E-state index in [0.717, 1.165) is 12.8 Å². The zero-order chi connectivity index (χ0) is 21.6. The molecule has 2 N–H and O–H groups in total. The van der Waals surface area contributed by atoms with Crippen LogP contribution in [0.5, 0.6) is 0 Å². The van der Waals surface area contributed by atoms with Crippen LogP contribution < -0.4 is 10.6 Å². The molecular weight excluding hydrogens is 490 g/mol. The standard InChI is InChI=1S/C21H17Cl5N2O2/c22-12-5-11(6-13(23)7-12)17-18(21(17,25)26)20(30)28-14-3-4-16(24)15(8-14)19(29)27-9-10-1-2-10/h3-8,10,17-18H,1-2,9H2,(H,27,29)(H,28,30)/t17-,18+/m1/s1. The minimum Gasteiger partial charge on any atom is -0.352 e. The summed E-state index contributed by atoms with van der Waals surface area (Å²) in [7, 11) is 0. The van der Waals surface area contributed by atoms with Crippen LogP contribution in [0.15, 0.2) is 36.4 Å². The van der Waals surface area contributed by atoms with E-state index in [1.165, 1.54) is 0 Å². The van der Waals surface area contributed by atoms with E-state index in [1.54, 1.807) is 36.4 Å². The molecule has 2 aromatic carbocycles. The molecular formula is C21H17Cl5N2O2. The second-order valence-electron chi connectivity index (χ2n) is 7.67. The third kappa shape index (κ3) is 4.68. The van der Waals surface area contributed by atoms with Gasteiger partial charge in [0.05, 0.1) is 16.5 Å². The van der Waals surface area contributed by atoms with Gasteiger partial charge in [0.15, 0.2) is 0 Å². The lowest BCUT2D eigenvalue weighted by Gasteiger charge is -2.10. The predicted octanol–water partition coefficient (Wildman–Crippen LogP) is 6.31. The molecule has 2 saturated carbocycles. The molecule has 0 unspecified atom stereocenters. The molecule has 2 aliphatic carbocycles. The Hall–Kier alpha value is -1.17. The van der Waals surface area contributed by atoms with Crippen molar-refractivity contribution in [3.8, 4) is 0 Å². The van der Waals surface area contributed by atoms with Gasteiger partial charge in [0.25, 0.3) is 5.91 Å². The number of halogens is 5.